The molecule has 0 spiro atoms. The molecule has 160 valence electrons. The van der Waals surface area contributed by atoms with Gasteiger partial charge < -0.3 is 10.6 Å². The van der Waals surface area contributed by atoms with E-state index < -0.39 is 15.9 Å². The van der Waals surface area contributed by atoms with Gasteiger partial charge in [0.2, 0.25) is 10.0 Å². The maximum atomic E-state index is 12.4. The van der Waals surface area contributed by atoms with Gasteiger partial charge in [-0.15, -0.1) is 0 Å². The molecule has 0 aliphatic heterocycles. The number of nitrogens with zero attached hydrogens (tertiary/aromatic N) is 2. The van der Waals surface area contributed by atoms with Crippen LogP contribution in [-0.4, -0.2) is 51.7 Å². The molecule has 3 N–H and O–H groups in total. The summed E-state index contributed by atoms with van der Waals surface area (Å²) in [5.74, 6) is -0.920. The molecule has 1 aromatic heterocycles. The molecule has 1 aliphatic rings. The largest absolute Gasteiger partial charge is 0.353 e. The predicted molar refractivity (Wildman–Crippen MR) is 112 cm³/mol. The van der Waals surface area contributed by atoms with E-state index in [2.05, 4.69) is 25.9 Å². The number of carbonyl (C=O) groups excluding carboxylic acids is 2. The number of amides is 2. The van der Waals surface area contributed by atoms with Gasteiger partial charge in [-0.2, -0.15) is 0 Å². The number of hydrogen-bond acceptors (Lipinski definition) is 7. The molecule has 2 amide bonds. The number of nitrogens with one attached hydrogen (secondary N) is 3. The molecular weight excluding hydrogens is 410 g/mol. The zero-order chi connectivity index (χ0) is 21.9. The lowest BCUT2D eigenvalue weighted by molar-refractivity contribution is 0.0538. The summed E-state index contributed by atoms with van der Waals surface area (Å²) in [6, 6.07) is 8.30. The molecular formula is C19H23N5O5S. The number of anilines is 3. The number of carbonyl (C=O) groups is 2. The predicted octanol–water partition coefficient (Wildman–Crippen LogP) is 1.40. The van der Waals surface area contributed by atoms with Crippen LogP contribution in [-0.2, 0) is 14.9 Å². The summed E-state index contributed by atoms with van der Waals surface area (Å²) in [4.78, 5) is 33.6. The Morgan fingerprint density at radius 3 is 2.50 bits per heavy atom. The third kappa shape index (κ3) is 5.05. The number of benzene rings is 1. The topological polar surface area (TPSA) is 130 Å². The molecule has 0 radical (unpaired) electrons. The molecule has 1 aliphatic carbocycles. The van der Waals surface area contributed by atoms with Crippen molar-refractivity contribution in [2.24, 2.45) is 0 Å². The van der Waals surface area contributed by atoms with E-state index in [9.17, 15) is 18.0 Å². The van der Waals surface area contributed by atoms with E-state index in [-0.39, 0.29) is 28.9 Å². The SMILES string of the molecule is CONC(=O)c1cnc(C(=O)NC2CC2)cc1Nc1ccccc1N(C)S(C)(=O)=O. The lowest BCUT2D eigenvalue weighted by atomic mass is 10.1. The third-order valence-corrected chi connectivity index (χ3v) is 5.69. The molecule has 3 rings (SSSR count). The number of hydrogen-bond donors (Lipinski definition) is 3. The fourth-order valence-corrected chi connectivity index (χ4v) is 3.19. The average Bonchev–Trinajstić information content (AvgIpc) is 3.51. The number of sulfonamides is 1. The molecule has 1 fully saturated rings. The van der Waals surface area contributed by atoms with Crippen LogP contribution >= 0.6 is 0 Å². The van der Waals surface area contributed by atoms with Gasteiger partial charge in [-0.1, -0.05) is 12.1 Å². The van der Waals surface area contributed by atoms with Gasteiger partial charge in [-0.25, -0.2) is 13.9 Å². The Hall–Kier alpha value is -3.18. The second kappa shape index (κ2) is 8.67. The molecule has 0 bridgehead atoms. The Bertz CT molecular complexity index is 1070. The summed E-state index contributed by atoms with van der Waals surface area (Å²) in [5, 5.41) is 5.90. The number of para-hydroxylation sites is 2. The van der Waals surface area contributed by atoms with Crippen LogP contribution in [0.3, 0.4) is 0 Å². The fourth-order valence-electron chi connectivity index (χ4n) is 2.68. The van der Waals surface area contributed by atoms with Gasteiger partial charge in [0.1, 0.15) is 5.69 Å². The van der Waals surface area contributed by atoms with Crippen molar-refractivity contribution in [3.8, 4) is 0 Å². The summed E-state index contributed by atoms with van der Waals surface area (Å²) in [7, 11) is -0.792. The van der Waals surface area contributed by atoms with Crippen LogP contribution in [0.15, 0.2) is 36.5 Å². The molecule has 0 unspecified atom stereocenters. The van der Waals surface area contributed by atoms with Crippen LogP contribution < -0.4 is 20.4 Å². The first-order chi connectivity index (χ1) is 14.2. The zero-order valence-electron chi connectivity index (χ0n) is 16.8. The van der Waals surface area contributed by atoms with Crippen LogP contribution in [0, 0.1) is 0 Å². The molecule has 1 aromatic carbocycles. The van der Waals surface area contributed by atoms with Gasteiger partial charge in [0.05, 0.1) is 36.0 Å². The fraction of sp³-hybridized carbons (Fsp3) is 0.316. The number of aromatic nitrogens is 1. The van der Waals surface area contributed by atoms with Crippen LogP contribution in [0.4, 0.5) is 17.1 Å². The number of hydroxylamine groups is 1. The van der Waals surface area contributed by atoms with Crippen LogP contribution in [0.25, 0.3) is 0 Å². The van der Waals surface area contributed by atoms with Gasteiger partial charge in [-0.3, -0.25) is 23.7 Å². The molecule has 10 nitrogen and oxygen atoms in total. The Labute approximate surface area is 174 Å². The number of pyridine rings is 1. The summed E-state index contributed by atoms with van der Waals surface area (Å²) in [6.45, 7) is 0. The van der Waals surface area contributed by atoms with Gasteiger partial charge in [0, 0.05) is 19.3 Å². The molecule has 0 saturated heterocycles. The molecule has 0 atom stereocenters. The Morgan fingerprint density at radius 1 is 1.17 bits per heavy atom. The van der Waals surface area contributed by atoms with Crippen molar-refractivity contribution in [2.75, 3.05) is 30.0 Å². The monoisotopic (exact) mass is 433 g/mol. The minimum atomic E-state index is -3.52. The van der Waals surface area contributed by atoms with Gasteiger partial charge in [-0.05, 0) is 31.0 Å². The number of rotatable bonds is 8. The maximum Gasteiger partial charge on any atom is 0.278 e. The third-order valence-electron chi connectivity index (χ3n) is 4.50. The van der Waals surface area contributed by atoms with E-state index in [4.69, 9.17) is 0 Å². The van der Waals surface area contributed by atoms with Crippen molar-refractivity contribution in [3.63, 3.8) is 0 Å². The van der Waals surface area contributed by atoms with Crippen molar-refractivity contribution >= 4 is 38.9 Å². The molecule has 2 aromatic rings. The minimum absolute atomic E-state index is 0.122. The Balaban J connectivity index is 2.01. The second-order valence-electron chi connectivity index (χ2n) is 6.87. The smallest absolute Gasteiger partial charge is 0.278 e. The molecule has 30 heavy (non-hydrogen) atoms. The molecule has 1 heterocycles. The first-order valence-corrected chi connectivity index (χ1v) is 11.0. The Kier molecular flexibility index (Phi) is 6.22. The summed E-state index contributed by atoms with van der Waals surface area (Å²) in [6.07, 6.45) is 4.21. The van der Waals surface area contributed by atoms with Crippen molar-refractivity contribution < 1.29 is 22.8 Å². The highest BCUT2D eigenvalue weighted by Crippen LogP contribution is 2.31. The van der Waals surface area contributed by atoms with Gasteiger partial charge in [0.15, 0.2) is 0 Å². The van der Waals surface area contributed by atoms with Crippen molar-refractivity contribution in [1.29, 1.82) is 0 Å². The summed E-state index contributed by atoms with van der Waals surface area (Å²) in [5.41, 5.74) is 3.54. The van der Waals surface area contributed by atoms with Crippen LogP contribution in [0.5, 0.6) is 0 Å². The van der Waals surface area contributed by atoms with Gasteiger partial charge >= 0.3 is 0 Å². The van der Waals surface area contributed by atoms with Crippen LogP contribution in [0.1, 0.15) is 33.7 Å². The Morgan fingerprint density at radius 2 is 1.87 bits per heavy atom. The minimum Gasteiger partial charge on any atom is -0.353 e. The van der Waals surface area contributed by atoms with E-state index in [1.165, 1.54) is 26.4 Å². The second-order valence-corrected chi connectivity index (χ2v) is 8.88. The van der Waals surface area contributed by atoms with E-state index in [1.54, 1.807) is 24.3 Å². The normalized spacial score (nSPS) is 13.4. The van der Waals surface area contributed by atoms with Crippen molar-refractivity contribution in [1.82, 2.24) is 15.8 Å². The average molecular weight is 433 g/mol. The van der Waals surface area contributed by atoms with Crippen molar-refractivity contribution in [2.45, 2.75) is 18.9 Å². The van der Waals surface area contributed by atoms with E-state index in [1.807, 2.05) is 0 Å². The first kappa shape index (κ1) is 21.5. The first-order valence-electron chi connectivity index (χ1n) is 9.15. The van der Waals surface area contributed by atoms with Crippen molar-refractivity contribution in [3.05, 3.63) is 47.8 Å². The highest BCUT2D eigenvalue weighted by molar-refractivity contribution is 7.92. The standard InChI is InChI=1S/C19H23N5O5S/c1-24(30(3,27)28)17-7-5-4-6-14(17)22-15-10-16(19(26)21-12-8-9-12)20-11-13(15)18(25)23-29-2/h4-7,10-12H,8-9H2,1-3H3,(H,20,22)(H,21,26)(H,23,25). The highest BCUT2D eigenvalue weighted by Gasteiger charge is 2.25. The summed E-state index contributed by atoms with van der Waals surface area (Å²) >= 11 is 0. The molecule has 1 saturated carbocycles. The maximum absolute atomic E-state index is 12.4. The van der Waals surface area contributed by atoms with Gasteiger partial charge in [0.25, 0.3) is 11.8 Å². The quantitative estimate of drug-likeness (QED) is 0.537. The van der Waals surface area contributed by atoms with E-state index in [0.29, 0.717) is 11.4 Å². The zero-order valence-corrected chi connectivity index (χ0v) is 17.6. The van der Waals surface area contributed by atoms with E-state index >= 15 is 0 Å². The highest BCUT2D eigenvalue weighted by atomic mass is 32.2. The lowest BCUT2D eigenvalue weighted by Gasteiger charge is -2.21. The summed E-state index contributed by atoms with van der Waals surface area (Å²) < 4.78 is 25.1. The molecule has 11 heteroatoms. The van der Waals surface area contributed by atoms with Crippen LogP contribution in [0.2, 0.25) is 0 Å². The van der Waals surface area contributed by atoms with E-state index in [0.717, 1.165) is 23.4 Å². The lowest BCUT2D eigenvalue weighted by Crippen LogP contribution is -2.28.